The molecule has 0 saturated heterocycles. The summed E-state index contributed by atoms with van der Waals surface area (Å²) in [5.74, 6) is -0.419. The number of carboxylic acids is 1. The molecule has 0 amide bonds. The van der Waals surface area contributed by atoms with E-state index in [1.54, 1.807) is 19.3 Å². The number of aryl methyl sites for hydroxylation is 1. The van der Waals surface area contributed by atoms with E-state index in [1.807, 2.05) is 0 Å². The number of aromatic nitrogens is 2. The van der Waals surface area contributed by atoms with Crippen molar-refractivity contribution < 1.29 is 15.0 Å². The van der Waals surface area contributed by atoms with Gasteiger partial charge in [-0.1, -0.05) is 0 Å². The summed E-state index contributed by atoms with van der Waals surface area (Å²) >= 11 is 0. The van der Waals surface area contributed by atoms with Gasteiger partial charge in [0, 0.05) is 24.5 Å². The van der Waals surface area contributed by atoms with Crippen molar-refractivity contribution in [2.24, 2.45) is 0 Å². The molecule has 0 spiro atoms. The van der Waals surface area contributed by atoms with E-state index < -0.39 is 18.1 Å². The smallest absolute Gasteiger partial charge is 0.323 e. The van der Waals surface area contributed by atoms with Gasteiger partial charge < -0.3 is 10.2 Å². The number of hydrogen-bond donors (Lipinski definition) is 3. The van der Waals surface area contributed by atoms with Crippen molar-refractivity contribution in [1.82, 2.24) is 15.3 Å². The lowest BCUT2D eigenvalue weighted by Gasteiger charge is -2.16. The van der Waals surface area contributed by atoms with Crippen LogP contribution < -0.4 is 5.32 Å². The Labute approximate surface area is 93.4 Å². The number of nitrogens with zero attached hydrogens (tertiary/aromatic N) is 2. The highest BCUT2D eigenvalue weighted by atomic mass is 16.4. The number of aliphatic carboxylic acids is 1. The Morgan fingerprint density at radius 2 is 2.06 bits per heavy atom. The van der Waals surface area contributed by atoms with E-state index >= 15 is 0 Å². The van der Waals surface area contributed by atoms with Crippen LogP contribution in [0.2, 0.25) is 0 Å². The summed E-state index contributed by atoms with van der Waals surface area (Å²) in [7, 11) is 0. The fraction of sp³-hybridized carbons (Fsp3) is 0.500. The minimum atomic E-state index is -1.08. The first kappa shape index (κ1) is 12.5. The molecule has 0 aliphatic heterocycles. The molecule has 3 N–H and O–H groups in total. The average Bonchev–Trinajstić information content (AvgIpc) is 2.20. The summed E-state index contributed by atoms with van der Waals surface area (Å²) in [4.78, 5) is 18.7. The van der Waals surface area contributed by atoms with Crippen LogP contribution in [0, 0.1) is 6.92 Å². The lowest BCUT2D eigenvalue weighted by molar-refractivity contribution is -0.142. The highest BCUT2D eigenvalue weighted by Gasteiger charge is 2.21. The lowest BCUT2D eigenvalue weighted by atomic mass is 10.2. The van der Waals surface area contributed by atoms with Gasteiger partial charge in [0.05, 0.1) is 6.10 Å². The zero-order chi connectivity index (χ0) is 12.1. The van der Waals surface area contributed by atoms with Crippen LogP contribution in [0.4, 0.5) is 0 Å². The zero-order valence-corrected chi connectivity index (χ0v) is 9.21. The number of nitrogens with one attached hydrogen (secondary N) is 1. The van der Waals surface area contributed by atoms with Gasteiger partial charge in [0.15, 0.2) is 0 Å². The van der Waals surface area contributed by atoms with Gasteiger partial charge in [-0.3, -0.25) is 10.1 Å². The van der Waals surface area contributed by atoms with Crippen molar-refractivity contribution in [3.8, 4) is 0 Å². The van der Waals surface area contributed by atoms with Crippen molar-refractivity contribution >= 4 is 5.97 Å². The fourth-order valence-corrected chi connectivity index (χ4v) is 1.20. The van der Waals surface area contributed by atoms with E-state index in [1.165, 1.54) is 6.92 Å². The highest BCUT2D eigenvalue weighted by molar-refractivity contribution is 5.74. The molecule has 0 unspecified atom stereocenters. The second-order valence-corrected chi connectivity index (χ2v) is 3.58. The fourth-order valence-electron chi connectivity index (χ4n) is 1.20. The predicted molar refractivity (Wildman–Crippen MR) is 56.7 cm³/mol. The Balaban J connectivity index is 2.55. The minimum Gasteiger partial charge on any atom is -0.480 e. The molecule has 0 aliphatic rings. The van der Waals surface area contributed by atoms with Crippen LogP contribution in [0.25, 0.3) is 0 Å². The van der Waals surface area contributed by atoms with Crippen molar-refractivity contribution in [3.05, 3.63) is 23.8 Å². The standard InChI is InChI=1S/C10H15N3O3/c1-6(14)9(10(15)16)13-5-8-3-11-7(2)12-4-8/h3-4,6,9,13-14H,5H2,1-2H3,(H,15,16)/t6-,9+/m1/s1. The van der Waals surface area contributed by atoms with Crippen LogP contribution in [0.1, 0.15) is 18.3 Å². The first-order valence-electron chi connectivity index (χ1n) is 4.92. The van der Waals surface area contributed by atoms with Gasteiger partial charge in [0.1, 0.15) is 11.9 Å². The molecule has 0 aromatic carbocycles. The second kappa shape index (κ2) is 5.53. The average molecular weight is 225 g/mol. The van der Waals surface area contributed by atoms with Gasteiger partial charge in [-0.2, -0.15) is 0 Å². The summed E-state index contributed by atoms with van der Waals surface area (Å²) in [6.07, 6.45) is 2.29. The van der Waals surface area contributed by atoms with Gasteiger partial charge in [-0.05, 0) is 13.8 Å². The third-order valence-electron chi connectivity index (χ3n) is 2.11. The van der Waals surface area contributed by atoms with E-state index in [9.17, 15) is 9.90 Å². The molecule has 0 radical (unpaired) electrons. The molecule has 1 aromatic heterocycles. The van der Waals surface area contributed by atoms with Crippen LogP contribution in [-0.4, -0.2) is 38.3 Å². The summed E-state index contributed by atoms with van der Waals surface area (Å²) in [5.41, 5.74) is 0.775. The lowest BCUT2D eigenvalue weighted by Crippen LogP contribution is -2.44. The molecule has 2 atom stereocenters. The van der Waals surface area contributed by atoms with E-state index in [2.05, 4.69) is 15.3 Å². The summed E-state index contributed by atoms with van der Waals surface area (Å²) in [6, 6.07) is -0.985. The van der Waals surface area contributed by atoms with Gasteiger partial charge in [0.25, 0.3) is 0 Å². The van der Waals surface area contributed by atoms with E-state index in [0.29, 0.717) is 12.4 Å². The molecule has 1 rings (SSSR count). The third kappa shape index (κ3) is 3.56. The maximum atomic E-state index is 10.8. The molecular formula is C10H15N3O3. The van der Waals surface area contributed by atoms with Crippen molar-refractivity contribution in [2.75, 3.05) is 0 Å². The molecule has 0 saturated carbocycles. The molecule has 88 valence electrons. The Bertz CT molecular complexity index is 351. The minimum absolute atomic E-state index is 0.308. The molecule has 1 heterocycles. The van der Waals surface area contributed by atoms with Crippen molar-refractivity contribution in [2.45, 2.75) is 32.5 Å². The topological polar surface area (TPSA) is 95.3 Å². The molecule has 0 fully saturated rings. The predicted octanol–water partition coefficient (Wildman–Crippen LogP) is -0.291. The number of carbonyl (C=O) groups is 1. The highest BCUT2D eigenvalue weighted by Crippen LogP contribution is 1.98. The summed E-state index contributed by atoms with van der Waals surface area (Å²) < 4.78 is 0. The Morgan fingerprint density at radius 1 is 1.50 bits per heavy atom. The molecule has 0 bridgehead atoms. The van der Waals surface area contributed by atoms with Crippen LogP contribution in [0.5, 0.6) is 0 Å². The Morgan fingerprint density at radius 3 is 2.50 bits per heavy atom. The molecule has 6 nitrogen and oxygen atoms in total. The van der Waals surface area contributed by atoms with Gasteiger partial charge >= 0.3 is 5.97 Å². The van der Waals surface area contributed by atoms with E-state index in [-0.39, 0.29) is 0 Å². The Kier molecular flexibility index (Phi) is 4.33. The number of carboxylic acid groups (broad SMARTS) is 1. The van der Waals surface area contributed by atoms with Crippen molar-refractivity contribution in [1.29, 1.82) is 0 Å². The monoisotopic (exact) mass is 225 g/mol. The summed E-state index contributed by atoms with van der Waals surface area (Å²) in [6.45, 7) is 3.51. The van der Waals surface area contributed by atoms with Crippen LogP contribution in [0.3, 0.4) is 0 Å². The molecular weight excluding hydrogens is 210 g/mol. The van der Waals surface area contributed by atoms with Gasteiger partial charge in [-0.25, -0.2) is 9.97 Å². The van der Waals surface area contributed by atoms with Gasteiger partial charge in [-0.15, -0.1) is 0 Å². The third-order valence-corrected chi connectivity index (χ3v) is 2.11. The quantitative estimate of drug-likeness (QED) is 0.637. The SMILES string of the molecule is Cc1ncc(CN[C@H](C(=O)O)[C@@H](C)O)cn1. The van der Waals surface area contributed by atoms with Crippen molar-refractivity contribution in [3.63, 3.8) is 0 Å². The van der Waals surface area contributed by atoms with Crippen LogP contribution in [0.15, 0.2) is 12.4 Å². The first-order chi connectivity index (χ1) is 7.50. The molecule has 1 aromatic rings. The molecule has 0 aliphatic carbocycles. The largest absolute Gasteiger partial charge is 0.480 e. The molecule has 6 heteroatoms. The van der Waals surface area contributed by atoms with E-state index in [0.717, 1.165) is 5.56 Å². The normalized spacial score (nSPS) is 14.4. The van der Waals surface area contributed by atoms with E-state index in [4.69, 9.17) is 5.11 Å². The summed E-state index contributed by atoms with van der Waals surface area (Å²) in [5, 5.41) is 20.8. The Hall–Kier alpha value is -1.53. The number of aliphatic hydroxyl groups excluding tert-OH is 1. The number of aliphatic hydroxyl groups is 1. The van der Waals surface area contributed by atoms with Crippen LogP contribution >= 0.6 is 0 Å². The van der Waals surface area contributed by atoms with Crippen LogP contribution in [-0.2, 0) is 11.3 Å². The number of hydrogen-bond acceptors (Lipinski definition) is 5. The van der Waals surface area contributed by atoms with Gasteiger partial charge in [0.2, 0.25) is 0 Å². The molecule has 16 heavy (non-hydrogen) atoms. The zero-order valence-electron chi connectivity index (χ0n) is 9.21. The first-order valence-corrected chi connectivity index (χ1v) is 4.92. The maximum Gasteiger partial charge on any atom is 0.323 e. The second-order valence-electron chi connectivity index (χ2n) is 3.58. The maximum absolute atomic E-state index is 10.8. The number of rotatable bonds is 5.